The zero-order valence-electron chi connectivity index (χ0n) is 18.0. The third-order valence-corrected chi connectivity index (χ3v) is 5.05. The van der Waals surface area contributed by atoms with Crippen molar-refractivity contribution in [2.45, 2.75) is 6.92 Å². The maximum Gasteiger partial charge on any atom is 0.329 e. The molecule has 0 unspecified atom stereocenters. The molecule has 3 aromatic carbocycles. The molecular weight excluding hydrogens is 524 g/mol. The van der Waals surface area contributed by atoms with Crippen molar-refractivity contribution >= 4 is 62.8 Å². The minimum atomic E-state index is -0.967. The highest BCUT2D eigenvalue weighted by molar-refractivity contribution is 9.10. The Labute approximate surface area is 209 Å². The Kier molecular flexibility index (Phi) is 8.78. The fraction of sp³-hybridized carbons (Fsp3) is 0.0833. The topological polar surface area (TPSA) is 109 Å². The van der Waals surface area contributed by atoms with Crippen LogP contribution in [0, 0.1) is 6.92 Å². The van der Waals surface area contributed by atoms with E-state index in [1.807, 2.05) is 19.1 Å². The average molecular weight is 544 g/mol. The second kappa shape index (κ2) is 12.0. The van der Waals surface area contributed by atoms with E-state index in [1.165, 1.54) is 12.3 Å². The number of anilines is 2. The molecule has 0 saturated heterocycles. The molecule has 0 aliphatic carbocycles. The Balaban J connectivity index is 1.57. The molecular formula is C24H20BrClN4O4. The van der Waals surface area contributed by atoms with Gasteiger partial charge in [0.05, 0.1) is 6.21 Å². The molecule has 3 aromatic rings. The highest BCUT2D eigenvalue weighted by atomic mass is 79.9. The fourth-order valence-corrected chi connectivity index (χ4v) is 3.26. The smallest absolute Gasteiger partial charge is 0.329 e. The Morgan fingerprint density at radius 3 is 2.47 bits per heavy atom. The molecule has 3 amide bonds. The van der Waals surface area contributed by atoms with Crippen LogP contribution in [0.4, 0.5) is 11.4 Å². The number of hydrazone groups is 1. The lowest BCUT2D eigenvalue weighted by Crippen LogP contribution is -2.32. The van der Waals surface area contributed by atoms with Gasteiger partial charge in [-0.05, 0) is 55.5 Å². The summed E-state index contributed by atoms with van der Waals surface area (Å²) in [4.78, 5) is 36.2. The van der Waals surface area contributed by atoms with Gasteiger partial charge in [-0.25, -0.2) is 5.43 Å². The number of hydrogen-bond donors (Lipinski definition) is 3. The van der Waals surface area contributed by atoms with Crippen molar-refractivity contribution in [3.63, 3.8) is 0 Å². The van der Waals surface area contributed by atoms with Gasteiger partial charge in [0.15, 0.2) is 6.61 Å². The predicted octanol–water partition coefficient (Wildman–Crippen LogP) is 4.52. The van der Waals surface area contributed by atoms with Crippen LogP contribution in [0.3, 0.4) is 0 Å². The molecule has 0 aromatic heterocycles. The van der Waals surface area contributed by atoms with Crippen LogP contribution in [0.1, 0.15) is 11.1 Å². The minimum Gasteiger partial charge on any atom is -0.483 e. The van der Waals surface area contributed by atoms with Gasteiger partial charge in [0.1, 0.15) is 5.75 Å². The monoisotopic (exact) mass is 542 g/mol. The van der Waals surface area contributed by atoms with Crippen LogP contribution in [0.15, 0.2) is 76.3 Å². The molecule has 0 bridgehead atoms. The molecule has 0 aliphatic rings. The van der Waals surface area contributed by atoms with Gasteiger partial charge in [-0.2, -0.15) is 5.10 Å². The molecule has 3 rings (SSSR count). The van der Waals surface area contributed by atoms with Gasteiger partial charge in [0.2, 0.25) is 0 Å². The van der Waals surface area contributed by atoms with Crippen LogP contribution in [0.25, 0.3) is 0 Å². The number of carbonyl (C=O) groups is 3. The SMILES string of the molecule is Cc1ccc(NC(=O)COc2ccc(Br)cc2/C=N\NC(=O)C(=O)Nc2cccc(Cl)c2)cc1. The van der Waals surface area contributed by atoms with E-state index in [4.69, 9.17) is 16.3 Å². The Hall–Kier alpha value is -3.69. The summed E-state index contributed by atoms with van der Waals surface area (Å²) in [6.45, 7) is 1.73. The number of benzene rings is 3. The number of halogens is 2. The second-order valence-electron chi connectivity index (χ2n) is 7.05. The maximum absolute atomic E-state index is 12.2. The molecule has 8 nitrogen and oxygen atoms in total. The van der Waals surface area contributed by atoms with Crippen molar-refractivity contribution in [1.82, 2.24) is 5.43 Å². The summed E-state index contributed by atoms with van der Waals surface area (Å²) >= 11 is 9.22. The van der Waals surface area contributed by atoms with Gasteiger partial charge in [0, 0.05) is 26.4 Å². The highest BCUT2D eigenvalue weighted by Gasteiger charge is 2.13. The largest absolute Gasteiger partial charge is 0.483 e. The van der Waals surface area contributed by atoms with E-state index >= 15 is 0 Å². The van der Waals surface area contributed by atoms with Crippen LogP contribution in [0.2, 0.25) is 5.02 Å². The lowest BCUT2D eigenvalue weighted by atomic mass is 10.2. The third-order valence-electron chi connectivity index (χ3n) is 4.32. The van der Waals surface area contributed by atoms with Gasteiger partial charge in [-0.15, -0.1) is 0 Å². The zero-order valence-corrected chi connectivity index (χ0v) is 20.3. The number of hydrogen-bond acceptors (Lipinski definition) is 5. The van der Waals surface area contributed by atoms with Gasteiger partial charge in [-0.1, -0.05) is 51.3 Å². The fourth-order valence-electron chi connectivity index (χ4n) is 2.69. The molecule has 0 saturated carbocycles. The van der Waals surface area contributed by atoms with Crippen molar-refractivity contribution in [1.29, 1.82) is 0 Å². The van der Waals surface area contributed by atoms with Gasteiger partial charge in [0.25, 0.3) is 5.91 Å². The molecule has 0 atom stereocenters. The predicted molar refractivity (Wildman–Crippen MR) is 135 cm³/mol. The standard InChI is InChI=1S/C24H20BrClN4O4/c1-15-5-8-19(9-6-15)28-22(31)14-34-21-10-7-17(25)11-16(21)13-27-30-24(33)23(32)29-20-4-2-3-18(26)12-20/h2-13H,14H2,1H3,(H,28,31)(H,29,32)(H,30,33)/b27-13-. The van der Waals surface area contributed by atoms with Gasteiger partial charge >= 0.3 is 11.8 Å². The number of nitrogens with zero attached hydrogens (tertiary/aromatic N) is 1. The summed E-state index contributed by atoms with van der Waals surface area (Å²) in [6, 6.07) is 18.9. The first-order valence-corrected chi connectivity index (χ1v) is 11.2. The number of carbonyl (C=O) groups excluding carboxylic acids is 3. The number of rotatable bonds is 7. The van der Waals surface area contributed by atoms with E-state index in [-0.39, 0.29) is 12.5 Å². The van der Waals surface area contributed by atoms with E-state index in [1.54, 1.807) is 48.5 Å². The lowest BCUT2D eigenvalue weighted by molar-refractivity contribution is -0.136. The molecule has 3 N–H and O–H groups in total. The van der Waals surface area contributed by atoms with Gasteiger partial charge < -0.3 is 15.4 Å². The van der Waals surface area contributed by atoms with Crippen molar-refractivity contribution in [2.24, 2.45) is 5.10 Å². The van der Waals surface area contributed by atoms with Crippen LogP contribution in [0.5, 0.6) is 5.75 Å². The number of aryl methyl sites for hydroxylation is 1. The molecule has 0 aliphatic heterocycles. The normalized spacial score (nSPS) is 10.6. The molecule has 0 spiro atoms. The Bertz CT molecular complexity index is 1230. The summed E-state index contributed by atoms with van der Waals surface area (Å²) in [6.07, 6.45) is 1.31. The minimum absolute atomic E-state index is 0.231. The number of ether oxygens (including phenoxy) is 1. The highest BCUT2D eigenvalue weighted by Crippen LogP contribution is 2.22. The van der Waals surface area contributed by atoms with Crippen LogP contribution in [-0.2, 0) is 14.4 Å². The lowest BCUT2D eigenvalue weighted by Gasteiger charge is -2.10. The van der Waals surface area contributed by atoms with E-state index in [0.29, 0.717) is 27.7 Å². The van der Waals surface area contributed by atoms with Crippen molar-refractivity contribution < 1.29 is 19.1 Å². The summed E-state index contributed by atoms with van der Waals surface area (Å²) in [5, 5.41) is 9.41. The molecule has 0 fully saturated rings. The molecule has 174 valence electrons. The summed E-state index contributed by atoms with van der Waals surface area (Å²) in [5.41, 5.74) is 4.76. The number of nitrogens with one attached hydrogen (secondary N) is 3. The van der Waals surface area contributed by atoms with Crippen molar-refractivity contribution in [3.8, 4) is 5.75 Å². The molecule has 0 radical (unpaired) electrons. The quantitative estimate of drug-likeness (QED) is 0.231. The summed E-state index contributed by atoms with van der Waals surface area (Å²) < 4.78 is 6.35. The van der Waals surface area contributed by atoms with Gasteiger partial charge in [-0.3, -0.25) is 14.4 Å². The zero-order chi connectivity index (χ0) is 24.5. The van der Waals surface area contributed by atoms with E-state index in [9.17, 15) is 14.4 Å². The summed E-state index contributed by atoms with van der Waals surface area (Å²) in [7, 11) is 0. The Morgan fingerprint density at radius 2 is 1.74 bits per heavy atom. The van der Waals surface area contributed by atoms with E-state index in [2.05, 4.69) is 37.1 Å². The van der Waals surface area contributed by atoms with Crippen molar-refractivity contribution in [2.75, 3.05) is 17.2 Å². The number of amides is 3. The van der Waals surface area contributed by atoms with Crippen LogP contribution >= 0.6 is 27.5 Å². The molecule has 0 heterocycles. The van der Waals surface area contributed by atoms with E-state index < -0.39 is 11.8 Å². The molecule has 34 heavy (non-hydrogen) atoms. The molecule has 10 heteroatoms. The maximum atomic E-state index is 12.2. The van der Waals surface area contributed by atoms with E-state index in [0.717, 1.165) is 10.0 Å². The first-order valence-electron chi connectivity index (χ1n) is 9.99. The van der Waals surface area contributed by atoms with Crippen LogP contribution < -0.4 is 20.8 Å². The third kappa shape index (κ3) is 7.72. The van der Waals surface area contributed by atoms with Crippen molar-refractivity contribution in [3.05, 3.63) is 87.4 Å². The van der Waals surface area contributed by atoms with Crippen LogP contribution in [-0.4, -0.2) is 30.5 Å². The first-order chi connectivity index (χ1) is 16.3. The second-order valence-corrected chi connectivity index (χ2v) is 8.40. The Morgan fingerprint density at radius 1 is 0.971 bits per heavy atom. The first kappa shape index (κ1) is 24.9. The average Bonchev–Trinajstić information content (AvgIpc) is 2.80. The summed E-state index contributed by atoms with van der Waals surface area (Å²) in [5.74, 6) is -1.84.